The van der Waals surface area contributed by atoms with E-state index in [2.05, 4.69) is 4.74 Å². The number of carbonyl (C=O) groups is 4. The highest BCUT2D eigenvalue weighted by atomic mass is 17.0. The van der Waals surface area contributed by atoms with Crippen LogP contribution in [0.2, 0.25) is 0 Å². The third-order valence-corrected chi connectivity index (χ3v) is 4.35. The van der Waals surface area contributed by atoms with Crippen LogP contribution in [0.4, 0.5) is 0 Å². The van der Waals surface area contributed by atoms with Gasteiger partial charge in [-0.3, -0.25) is 9.68 Å². The van der Waals surface area contributed by atoms with Crippen LogP contribution >= 0.6 is 0 Å². The van der Waals surface area contributed by atoms with Crippen molar-refractivity contribution in [1.29, 1.82) is 0 Å². The molecule has 2 heterocycles. The molecular weight excluding hydrogens is 350 g/mol. The Morgan fingerprint density at radius 2 is 1.73 bits per heavy atom. The third kappa shape index (κ3) is 3.44. The van der Waals surface area contributed by atoms with Crippen molar-refractivity contribution in [3.63, 3.8) is 0 Å². The molecule has 0 bridgehead atoms. The van der Waals surface area contributed by atoms with Gasteiger partial charge in [-0.25, -0.2) is 14.4 Å². The highest BCUT2D eigenvalue weighted by Crippen LogP contribution is 2.49. The number of ketones is 1. The number of esters is 3. The first-order valence-corrected chi connectivity index (χ1v) is 8.36. The molecule has 4 atom stereocenters. The van der Waals surface area contributed by atoms with E-state index in [9.17, 15) is 19.2 Å². The molecule has 0 N–H and O–H groups in total. The van der Waals surface area contributed by atoms with Gasteiger partial charge in [0.2, 0.25) is 0 Å². The lowest BCUT2D eigenvalue weighted by atomic mass is 9.75. The maximum absolute atomic E-state index is 12.8. The van der Waals surface area contributed by atoms with Gasteiger partial charge in [-0.1, -0.05) is 0 Å². The van der Waals surface area contributed by atoms with Crippen molar-refractivity contribution in [3.05, 3.63) is 0 Å². The number of carbonyl (C=O) groups excluding carboxylic acids is 4. The Hall–Kier alpha value is -2.04. The Kier molecular flexibility index (Phi) is 6.32. The van der Waals surface area contributed by atoms with Crippen LogP contribution < -0.4 is 0 Å². The van der Waals surface area contributed by atoms with Crippen LogP contribution in [0.1, 0.15) is 33.6 Å². The van der Waals surface area contributed by atoms with Crippen molar-refractivity contribution in [2.45, 2.75) is 51.4 Å². The fourth-order valence-electron chi connectivity index (χ4n) is 3.28. The first kappa shape index (κ1) is 20.3. The largest absolute Gasteiger partial charge is 0.467 e. The SMILES string of the molecule is CCOC(=O)[C@H]1ON2O[C@@H](C(=O)OC)C[C@@]2(C(=O)OCC)[C@H]1CC(C)=O. The molecule has 2 fully saturated rings. The summed E-state index contributed by atoms with van der Waals surface area (Å²) in [7, 11) is 1.18. The second-order valence-corrected chi connectivity index (χ2v) is 6.01. The Balaban J connectivity index is 2.44. The zero-order chi connectivity index (χ0) is 19.5. The number of Topliss-reactive ketones (excluding diaryl/α,β-unsaturated/α-hetero) is 1. The molecule has 10 nitrogen and oxygen atoms in total. The minimum Gasteiger partial charge on any atom is -0.467 e. The van der Waals surface area contributed by atoms with E-state index in [-0.39, 0.29) is 31.8 Å². The molecule has 2 aliphatic rings. The molecule has 2 saturated heterocycles. The summed E-state index contributed by atoms with van der Waals surface area (Å²) >= 11 is 0. The van der Waals surface area contributed by atoms with Gasteiger partial charge in [0.15, 0.2) is 17.7 Å². The Bertz CT molecular complexity index is 592. The fourth-order valence-corrected chi connectivity index (χ4v) is 3.28. The number of methoxy groups -OCH3 is 1. The maximum atomic E-state index is 12.8. The quantitative estimate of drug-likeness (QED) is 0.443. The number of fused-ring (bicyclic) bond motifs is 1. The summed E-state index contributed by atoms with van der Waals surface area (Å²) in [6.07, 6.45) is -2.69. The van der Waals surface area contributed by atoms with Crippen LogP contribution in [0.25, 0.3) is 0 Å². The average molecular weight is 373 g/mol. The predicted octanol–water partition coefficient (Wildman–Crippen LogP) is -0.0606. The molecule has 0 aromatic rings. The van der Waals surface area contributed by atoms with Gasteiger partial charge in [0.05, 0.1) is 20.3 Å². The topological polar surface area (TPSA) is 118 Å². The first-order chi connectivity index (χ1) is 12.3. The number of rotatable bonds is 7. The van der Waals surface area contributed by atoms with E-state index in [0.29, 0.717) is 0 Å². The Labute approximate surface area is 150 Å². The summed E-state index contributed by atoms with van der Waals surface area (Å²) in [5, 5.41) is 0.807. The van der Waals surface area contributed by atoms with E-state index < -0.39 is 41.6 Å². The summed E-state index contributed by atoms with van der Waals surface area (Å²) in [5.41, 5.74) is -1.63. The van der Waals surface area contributed by atoms with Gasteiger partial charge >= 0.3 is 17.9 Å². The molecule has 10 heteroatoms. The minimum absolute atomic E-state index is 0.0637. The lowest BCUT2D eigenvalue weighted by Crippen LogP contribution is -2.52. The van der Waals surface area contributed by atoms with Crippen LogP contribution in [-0.2, 0) is 43.1 Å². The number of ether oxygens (including phenoxy) is 3. The van der Waals surface area contributed by atoms with Crippen LogP contribution in [-0.4, -0.2) is 67.0 Å². The smallest absolute Gasteiger partial charge is 0.337 e. The number of hydrogen-bond acceptors (Lipinski definition) is 10. The zero-order valence-corrected chi connectivity index (χ0v) is 15.2. The molecule has 2 rings (SSSR count). The van der Waals surface area contributed by atoms with E-state index in [1.807, 2.05) is 0 Å². The Morgan fingerprint density at radius 1 is 1.08 bits per heavy atom. The minimum atomic E-state index is -1.63. The van der Waals surface area contributed by atoms with E-state index in [4.69, 9.17) is 19.1 Å². The summed E-state index contributed by atoms with van der Waals surface area (Å²) < 4.78 is 14.8. The van der Waals surface area contributed by atoms with Gasteiger partial charge in [-0.2, -0.15) is 0 Å². The molecule has 0 unspecified atom stereocenters. The monoisotopic (exact) mass is 373 g/mol. The van der Waals surface area contributed by atoms with Gasteiger partial charge < -0.3 is 19.0 Å². The average Bonchev–Trinajstić information content (AvgIpc) is 3.10. The third-order valence-electron chi connectivity index (χ3n) is 4.35. The molecular formula is C16H23NO9. The van der Waals surface area contributed by atoms with Crippen molar-refractivity contribution in [2.24, 2.45) is 5.92 Å². The van der Waals surface area contributed by atoms with Gasteiger partial charge in [0, 0.05) is 18.8 Å². The second kappa shape index (κ2) is 8.11. The highest BCUT2D eigenvalue weighted by molar-refractivity contribution is 5.89. The zero-order valence-electron chi connectivity index (χ0n) is 15.2. The molecule has 0 spiro atoms. The molecule has 0 radical (unpaired) electrons. The summed E-state index contributed by atoms with van der Waals surface area (Å²) in [6.45, 7) is 4.74. The maximum Gasteiger partial charge on any atom is 0.337 e. The fraction of sp³-hybridized carbons (Fsp3) is 0.750. The van der Waals surface area contributed by atoms with Crippen molar-refractivity contribution in [3.8, 4) is 0 Å². The predicted molar refractivity (Wildman–Crippen MR) is 83.0 cm³/mol. The summed E-state index contributed by atoms with van der Waals surface area (Å²) in [5.74, 6) is -3.38. The molecule has 26 heavy (non-hydrogen) atoms. The molecule has 0 amide bonds. The van der Waals surface area contributed by atoms with Crippen LogP contribution in [0.3, 0.4) is 0 Å². The van der Waals surface area contributed by atoms with Gasteiger partial charge in [-0.05, 0) is 26.0 Å². The summed E-state index contributed by atoms with van der Waals surface area (Å²) in [4.78, 5) is 59.6. The van der Waals surface area contributed by atoms with Crippen molar-refractivity contribution in [2.75, 3.05) is 20.3 Å². The number of hydrogen-bond donors (Lipinski definition) is 0. The lowest BCUT2D eigenvalue weighted by molar-refractivity contribution is -0.362. The standard InChI is InChI=1S/C16H23NO9/c1-5-23-14(20)12-10(7-9(3)18)16(15(21)24-6-2)8-11(13(19)22-4)25-17(16)26-12/h10-12H,5-8H2,1-4H3/t10-,11+,12-,16-/m0/s1. The van der Waals surface area contributed by atoms with Crippen molar-refractivity contribution < 1.29 is 43.1 Å². The second-order valence-electron chi connectivity index (χ2n) is 6.01. The van der Waals surface area contributed by atoms with Gasteiger partial charge in [0.1, 0.15) is 5.78 Å². The van der Waals surface area contributed by atoms with Gasteiger partial charge in [0.25, 0.3) is 0 Å². The molecule has 0 aromatic carbocycles. The molecule has 146 valence electrons. The van der Waals surface area contributed by atoms with Crippen LogP contribution in [0.5, 0.6) is 0 Å². The highest BCUT2D eigenvalue weighted by Gasteiger charge is 2.70. The van der Waals surface area contributed by atoms with E-state index in [0.717, 1.165) is 5.23 Å². The van der Waals surface area contributed by atoms with E-state index >= 15 is 0 Å². The van der Waals surface area contributed by atoms with Gasteiger partial charge in [-0.15, -0.1) is 0 Å². The molecule has 0 aliphatic carbocycles. The molecule has 0 aromatic heterocycles. The lowest BCUT2D eigenvalue weighted by Gasteiger charge is -2.29. The van der Waals surface area contributed by atoms with Crippen LogP contribution in [0, 0.1) is 5.92 Å². The summed E-state index contributed by atoms with van der Waals surface area (Å²) in [6, 6.07) is 0. The van der Waals surface area contributed by atoms with E-state index in [1.54, 1.807) is 13.8 Å². The number of hydroxylamine groups is 2. The van der Waals surface area contributed by atoms with Crippen LogP contribution in [0.15, 0.2) is 0 Å². The van der Waals surface area contributed by atoms with E-state index in [1.165, 1.54) is 14.0 Å². The molecule has 0 saturated carbocycles. The number of nitrogens with zero attached hydrogens (tertiary/aromatic N) is 1. The first-order valence-electron chi connectivity index (χ1n) is 8.36. The normalized spacial score (nSPS) is 30.5. The molecule has 2 aliphatic heterocycles. The van der Waals surface area contributed by atoms with Crippen molar-refractivity contribution in [1.82, 2.24) is 5.23 Å². The Morgan fingerprint density at radius 3 is 2.27 bits per heavy atom. The van der Waals surface area contributed by atoms with Crippen molar-refractivity contribution >= 4 is 23.7 Å².